The molecule has 0 radical (unpaired) electrons. The Labute approximate surface area is 146 Å². The molecule has 0 bridgehead atoms. The maximum Gasteiger partial charge on any atom is 0.243 e. The molecule has 0 amide bonds. The number of benzene rings is 2. The summed E-state index contributed by atoms with van der Waals surface area (Å²) >= 11 is 9.93. The number of aromatic nitrogens is 4. The molecule has 3 aromatic rings. The fraction of sp³-hybridized carbons (Fsp3) is 0.188. The number of hydrogen-bond donors (Lipinski definition) is 1. The van der Waals surface area contributed by atoms with Gasteiger partial charge in [0.25, 0.3) is 0 Å². The third-order valence-corrected chi connectivity index (χ3v) is 4.90. The average Bonchev–Trinajstić information content (AvgIpc) is 3.03. The normalized spacial score (nSPS) is 19.9. The van der Waals surface area contributed by atoms with Crippen LogP contribution in [0.15, 0.2) is 53.0 Å². The van der Waals surface area contributed by atoms with Crippen molar-refractivity contribution in [1.82, 2.24) is 20.2 Å². The molecular formula is C16H13BrClN5. The summed E-state index contributed by atoms with van der Waals surface area (Å²) in [5, 5.41) is 16.2. The highest BCUT2D eigenvalue weighted by Gasteiger charge is 2.31. The van der Waals surface area contributed by atoms with Crippen LogP contribution >= 0.6 is 27.5 Å². The Morgan fingerprint density at radius 3 is 2.87 bits per heavy atom. The van der Waals surface area contributed by atoms with Gasteiger partial charge in [0.15, 0.2) is 0 Å². The van der Waals surface area contributed by atoms with Gasteiger partial charge in [0.1, 0.15) is 0 Å². The van der Waals surface area contributed by atoms with Crippen molar-refractivity contribution in [1.29, 1.82) is 0 Å². The molecule has 0 saturated carbocycles. The summed E-state index contributed by atoms with van der Waals surface area (Å²) in [5.74, 6) is 0.658. The van der Waals surface area contributed by atoms with Crippen LogP contribution in [-0.2, 0) is 0 Å². The predicted molar refractivity (Wildman–Crippen MR) is 92.5 cm³/mol. The first-order valence-electron chi connectivity index (χ1n) is 7.26. The van der Waals surface area contributed by atoms with E-state index in [1.54, 1.807) is 4.68 Å². The number of halogens is 2. The predicted octanol–water partition coefficient (Wildman–Crippen LogP) is 4.24. The summed E-state index contributed by atoms with van der Waals surface area (Å²) in [6, 6.07) is 16.2. The molecule has 2 heterocycles. The largest absolute Gasteiger partial charge is 0.346 e. The Hall–Kier alpha value is -1.92. The quantitative estimate of drug-likeness (QED) is 0.711. The van der Waals surface area contributed by atoms with Crippen LogP contribution < -0.4 is 5.32 Å². The third kappa shape index (κ3) is 2.72. The van der Waals surface area contributed by atoms with Crippen LogP contribution in [0.3, 0.4) is 0 Å². The zero-order chi connectivity index (χ0) is 15.8. The Morgan fingerprint density at radius 2 is 2.04 bits per heavy atom. The molecule has 0 unspecified atom stereocenters. The van der Waals surface area contributed by atoms with E-state index in [-0.39, 0.29) is 12.1 Å². The van der Waals surface area contributed by atoms with Crippen molar-refractivity contribution >= 4 is 33.5 Å². The zero-order valence-corrected chi connectivity index (χ0v) is 14.4. The van der Waals surface area contributed by atoms with Crippen molar-refractivity contribution in [3.05, 3.63) is 69.2 Å². The van der Waals surface area contributed by atoms with Crippen molar-refractivity contribution in [2.24, 2.45) is 0 Å². The fourth-order valence-corrected chi connectivity index (χ4v) is 3.66. The maximum atomic E-state index is 6.40. The van der Waals surface area contributed by atoms with Gasteiger partial charge in [-0.25, -0.2) is 4.68 Å². The van der Waals surface area contributed by atoms with E-state index in [0.717, 1.165) is 21.5 Å². The van der Waals surface area contributed by atoms with Gasteiger partial charge in [-0.2, -0.15) is 0 Å². The van der Waals surface area contributed by atoms with E-state index in [4.69, 9.17) is 11.6 Å². The number of hydrogen-bond acceptors (Lipinski definition) is 4. The lowest BCUT2D eigenvalue weighted by atomic mass is 9.93. The second kappa shape index (κ2) is 5.94. The van der Waals surface area contributed by atoms with Crippen molar-refractivity contribution < 1.29 is 0 Å². The van der Waals surface area contributed by atoms with Gasteiger partial charge in [-0.15, -0.1) is 0 Å². The fourth-order valence-electron chi connectivity index (χ4n) is 2.98. The summed E-state index contributed by atoms with van der Waals surface area (Å²) < 4.78 is 2.85. The van der Waals surface area contributed by atoms with Crippen LogP contribution in [0.4, 0.5) is 5.95 Å². The highest BCUT2D eigenvalue weighted by Crippen LogP contribution is 2.39. The topological polar surface area (TPSA) is 55.6 Å². The van der Waals surface area contributed by atoms with Crippen molar-refractivity contribution in [2.75, 3.05) is 5.32 Å². The number of nitrogens with one attached hydrogen (secondary N) is 1. The van der Waals surface area contributed by atoms with Crippen LogP contribution in [-0.4, -0.2) is 20.2 Å². The average molecular weight is 391 g/mol. The van der Waals surface area contributed by atoms with Gasteiger partial charge in [-0.05, 0) is 46.2 Å². The summed E-state index contributed by atoms with van der Waals surface area (Å²) in [6.45, 7) is 0. The van der Waals surface area contributed by atoms with Crippen LogP contribution in [0, 0.1) is 0 Å². The number of rotatable bonds is 2. The number of fused-ring (bicyclic) bond motifs is 1. The maximum absolute atomic E-state index is 6.40. The molecule has 2 aromatic carbocycles. The van der Waals surface area contributed by atoms with Gasteiger partial charge in [-0.3, -0.25) is 0 Å². The lowest BCUT2D eigenvalue weighted by Gasteiger charge is -2.31. The summed E-state index contributed by atoms with van der Waals surface area (Å²) in [7, 11) is 0. The molecule has 0 fully saturated rings. The van der Waals surface area contributed by atoms with E-state index in [1.165, 1.54) is 5.56 Å². The molecule has 1 aromatic heterocycles. The van der Waals surface area contributed by atoms with Crippen molar-refractivity contribution in [2.45, 2.75) is 18.5 Å². The first kappa shape index (κ1) is 14.7. The van der Waals surface area contributed by atoms with E-state index in [2.05, 4.69) is 48.9 Å². The van der Waals surface area contributed by atoms with Crippen molar-refractivity contribution in [3.63, 3.8) is 0 Å². The monoisotopic (exact) mass is 389 g/mol. The Balaban J connectivity index is 1.77. The third-order valence-electron chi connectivity index (χ3n) is 4.07. The van der Waals surface area contributed by atoms with Gasteiger partial charge in [0.2, 0.25) is 5.95 Å². The van der Waals surface area contributed by atoms with Gasteiger partial charge in [0, 0.05) is 9.50 Å². The molecule has 4 rings (SSSR count). The van der Waals surface area contributed by atoms with E-state index in [0.29, 0.717) is 5.95 Å². The van der Waals surface area contributed by atoms with Gasteiger partial charge < -0.3 is 5.32 Å². The summed E-state index contributed by atoms with van der Waals surface area (Å²) in [6.07, 6.45) is 0.818. The van der Waals surface area contributed by atoms with E-state index in [9.17, 15) is 0 Å². The summed E-state index contributed by atoms with van der Waals surface area (Å²) in [5.41, 5.74) is 2.22. The van der Waals surface area contributed by atoms with Gasteiger partial charge in [-0.1, -0.05) is 63.0 Å². The minimum Gasteiger partial charge on any atom is -0.346 e. The highest BCUT2D eigenvalue weighted by atomic mass is 79.9. The number of tetrazole rings is 1. The molecule has 7 heteroatoms. The molecule has 0 aliphatic carbocycles. The van der Waals surface area contributed by atoms with Gasteiger partial charge in [0.05, 0.1) is 12.1 Å². The van der Waals surface area contributed by atoms with Gasteiger partial charge >= 0.3 is 0 Å². The van der Waals surface area contributed by atoms with E-state index >= 15 is 0 Å². The zero-order valence-electron chi connectivity index (χ0n) is 12.0. The highest BCUT2D eigenvalue weighted by molar-refractivity contribution is 9.10. The molecule has 1 aliphatic rings. The second-order valence-electron chi connectivity index (χ2n) is 5.47. The first-order valence-corrected chi connectivity index (χ1v) is 8.44. The number of nitrogens with zero attached hydrogens (tertiary/aromatic N) is 4. The van der Waals surface area contributed by atoms with Crippen LogP contribution in [0.5, 0.6) is 0 Å². The SMILES string of the molecule is Clc1ccccc1[C@@H]1C[C@H](c2cccc(Br)c2)Nc2nnnn21. The number of anilines is 1. The Kier molecular flexibility index (Phi) is 3.79. The lowest BCUT2D eigenvalue weighted by Crippen LogP contribution is -2.28. The molecule has 0 spiro atoms. The molecule has 1 N–H and O–H groups in total. The van der Waals surface area contributed by atoms with Crippen molar-refractivity contribution in [3.8, 4) is 0 Å². The van der Waals surface area contributed by atoms with Crippen LogP contribution in [0.25, 0.3) is 0 Å². The Bertz CT molecular complexity index is 850. The summed E-state index contributed by atoms with van der Waals surface area (Å²) in [4.78, 5) is 0. The smallest absolute Gasteiger partial charge is 0.243 e. The molecular weight excluding hydrogens is 378 g/mol. The molecule has 1 aliphatic heterocycles. The molecule has 5 nitrogen and oxygen atoms in total. The Morgan fingerprint density at radius 1 is 1.17 bits per heavy atom. The molecule has 0 saturated heterocycles. The molecule has 116 valence electrons. The lowest BCUT2D eigenvalue weighted by molar-refractivity contribution is 0.424. The van der Waals surface area contributed by atoms with E-state index < -0.39 is 0 Å². The minimum absolute atomic E-state index is 0.000989. The standard InChI is InChI=1S/C16H13BrClN5/c17-11-5-3-4-10(8-11)14-9-15(12-6-1-2-7-13(12)18)23-16(19-14)20-21-22-23/h1-8,14-15H,9H2,(H,19,20,22)/t14-,15+/m1/s1. The second-order valence-corrected chi connectivity index (χ2v) is 6.79. The minimum atomic E-state index is -0.000989. The van der Waals surface area contributed by atoms with E-state index in [1.807, 2.05) is 36.4 Å². The molecule has 23 heavy (non-hydrogen) atoms. The molecule has 2 atom stereocenters. The first-order chi connectivity index (χ1) is 11.2. The van der Waals surface area contributed by atoms with Crippen LogP contribution in [0.2, 0.25) is 5.02 Å². The van der Waals surface area contributed by atoms with Crippen LogP contribution in [0.1, 0.15) is 29.6 Å².